The van der Waals surface area contributed by atoms with Gasteiger partial charge in [0.1, 0.15) is 6.04 Å². The second-order valence-corrected chi connectivity index (χ2v) is 10.1. The van der Waals surface area contributed by atoms with E-state index in [1.165, 1.54) is 4.90 Å². The summed E-state index contributed by atoms with van der Waals surface area (Å²) in [5.74, 6) is -1.43. The number of anilines is 2. The first-order chi connectivity index (χ1) is 17.9. The Labute approximate surface area is 217 Å². The van der Waals surface area contributed by atoms with Crippen LogP contribution in [0.4, 0.5) is 11.4 Å². The van der Waals surface area contributed by atoms with E-state index in [1.807, 2.05) is 36.1 Å². The lowest BCUT2D eigenvalue weighted by Crippen LogP contribution is -2.49. The molecule has 7 nitrogen and oxygen atoms in total. The summed E-state index contributed by atoms with van der Waals surface area (Å²) < 4.78 is 10.9. The van der Waals surface area contributed by atoms with Crippen molar-refractivity contribution >= 4 is 46.1 Å². The Balaban J connectivity index is 1.38. The molecule has 4 aliphatic heterocycles. The van der Waals surface area contributed by atoms with Gasteiger partial charge in [0, 0.05) is 27.9 Å². The molecule has 3 aromatic carbocycles. The molecule has 0 N–H and O–H groups in total. The van der Waals surface area contributed by atoms with Crippen LogP contribution >= 0.6 is 11.6 Å². The second-order valence-electron chi connectivity index (χ2n) is 9.69. The quantitative estimate of drug-likeness (QED) is 0.373. The molecule has 0 radical (unpaired) electrons. The lowest BCUT2D eigenvalue weighted by molar-refractivity contribution is -0.122. The SMILES string of the molecule is CC1=C[C@@H]2[C@H]3C(=O)N(c4ccc5c(c4)OCO5)C(=O)[C@@H]3[C@H](C(=O)c3ccccc3)N2c2ccc(Cl)cc21. The number of hydrogen-bond acceptors (Lipinski definition) is 6. The van der Waals surface area contributed by atoms with Gasteiger partial charge in [-0.1, -0.05) is 48.0 Å². The highest BCUT2D eigenvalue weighted by atomic mass is 35.5. The van der Waals surface area contributed by atoms with E-state index in [2.05, 4.69) is 0 Å². The summed E-state index contributed by atoms with van der Waals surface area (Å²) in [5, 5.41) is 0.580. The normalized spacial score (nSPS) is 25.1. The van der Waals surface area contributed by atoms with Gasteiger partial charge in [0.25, 0.3) is 0 Å². The summed E-state index contributed by atoms with van der Waals surface area (Å²) in [4.78, 5) is 45.2. The number of hydrogen-bond donors (Lipinski definition) is 0. The monoisotopic (exact) mass is 512 g/mol. The summed E-state index contributed by atoms with van der Waals surface area (Å²) in [5.41, 5.74) is 3.55. The Hall–Kier alpha value is -4.10. The molecule has 8 heteroatoms. The highest BCUT2D eigenvalue weighted by Crippen LogP contribution is 2.52. The fourth-order valence-electron chi connectivity index (χ4n) is 6.17. The molecule has 37 heavy (non-hydrogen) atoms. The van der Waals surface area contributed by atoms with E-state index in [1.54, 1.807) is 48.5 Å². The third-order valence-electron chi connectivity index (χ3n) is 7.75. The molecule has 0 bridgehead atoms. The average Bonchev–Trinajstić information content (AvgIpc) is 3.57. The summed E-state index contributed by atoms with van der Waals surface area (Å²) in [7, 11) is 0. The fraction of sp³-hybridized carbons (Fsp3) is 0.207. The van der Waals surface area contributed by atoms with Crippen molar-refractivity contribution in [1.29, 1.82) is 0 Å². The summed E-state index contributed by atoms with van der Waals surface area (Å²) in [6.45, 7) is 2.05. The maximum absolute atomic E-state index is 14.0. The van der Waals surface area contributed by atoms with E-state index >= 15 is 0 Å². The standard InChI is InChI=1S/C29H21ClN2O5/c1-15-11-21-24-25(29(35)31(28(24)34)18-8-10-22-23(13-18)37-14-36-22)26(27(33)16-5-3-2-4-6-16)32(21)20-9-7-17(30)12-19(15)20/h2-13,21,24-26H,14H2,1H3/t21-,24-,25+,26-/m1/s1. The van der Waals surface area contributed by atoms with Gasteiger partial charge >= 0.3 is 0 Å². The maximum atomic E-state index is 14.0. The smallest absolute Gasteiger partial charge is 0.240 e. The number of Topliss-reactive ketones (excluding diaryl/α,β-unsaturated/α-hetero) is 1. The number of amides is 2. The highest BCUT2D eigenvalue weighted by molar-refractivity contribution is 6.31. The zero-order chi connectivity index (χ0) is 25.4. The number of fused-ring (bicyclic) bond motifs is 6. The highest BCUT2D eigenvalue weighted by Gasteiger charge is 2.64. The lowest BCUT2D eigenvalue weighted by atomic mass is 9.85. The Morgan fingerprint density at radius 1 is 0.919 bits per heavy atom. The van der Waals surface area contributed by atoms with Gasteiger partial charge in [-0.3, -0.25) is 14.4 Å². The number of carbonyl (C=O) groups is 3. The van der Waals surface area contributed by atoms with Gasteiger partial charge in [0.15, 0.2) is 17.3 Å². The minimum Gasteiger partial charge on any atom is -0.454 e. The first-order valence-electron chi connectivity index (χ1n) is 12.1. The van der Waals surface area contributed by atoms with Crippen molar-refractivity contribution in [2.24, 2.45) is 11.8 Å². The van der Waals surface area contributed by atoms with Crippen LogP contribution in [0.25, 0.3) is 5.57 Å². The lowest BCUT2D eigenvalue weighted by Gasteiger charge is -2.38. The van der Waals surface area contributed by atoms with Gasteiger partial charge in [0.05, 0.1) is 23.6 Å². The third-order valence-corrected chi connectivity index (χ3v) is 7.99. The van der Waals surface area contributed by atoms with Crippen molar-refractivity contribution in [3.8, 4) is 11.5 Å². The van der Waals surface area contributed by atoms with E-state index in [-0.39, 0.29) is 24.4 Å². The number of allylic oxidation sites excluding steroid dienone is 1. The predicted molar refractivity (Wildman–Crippen MR) is 138 cm³/mol. The Morgan fingerprint density at radius 3 is 2.49 bits per heavy atom. The van der Waals surface area contributed by atoms with Crippen LogP contribution in [-0.2, 0) is 9.59 Å². The molecule has 0 spiro atoms. The second kappa shape index (κ2) is 7.95. The van der Waals surface area contributed by atoms with Crippen molar-refractivity contribution in [2.45, 2.75) is 19.0 Å². The number of imide groups is 1. The minimum absolute atomic E-state index is 0.0874. The Morgan fingerprint density at radius 2 is 1.68 bits per heavy atom. The average molecular weight is 513 g/mol. The zero-order valence-corrected chi connectivity index (χ0v) is 20.5. The van der Waals surface area contributed by atoms with E-state index in [0.29, 0.717) is 27.8 Å². The molecule has 0 aliphatic carbocycles. The van der Waals surface area contributed by atoms with Crippen LogP contribution in [-0.4, -0.2) is 36.5 Å². The molecule has 7 rings (SSSR count). The van der Waals surface area contributed by atoms with Gasteiger partial charge in [-0.2, -0.15) is 0 Å². The van der Waals surface area contributed by atoms with Crippen molar-refractivity contribution in [3.05, 3.63) is 89.0 Å². The molecule has 4 atom stereocenters. The first kappa shape index (κ1) is 22.1. The zero-order valence-electron chi connectivity index (χ0n) is 19.8. The van der Waals surface area contributed by atoms with E-state index in [4.69, 9.17) is 21.1 Å². The van der Waals surface area contributed by atoms with Crippen LogP contribution in [0.5, 0.6) is 11.5 Å². The van der Waals surface area contributed by atoms with E-state index in [9.17, 15) is 14.4 Å². The number of benzene rings is 3. The summed E-state index contributed by atoms with van der Waals surface area (Å²) in [6.07, 6.45) is 1.99. The number of halogens is 1. The van der Waals surface area contributed by atoms with E-state index in [0.717, 1.165) is 16.8 Å². The molecule has 0 unspecified atom stereocenters. The summed E-state index contributed by atoms with van der Waals surface area (Å²) in [6, 6.07) is 18.1. The van der Waals surface area contributed by atoms with Crippen LogP contribution in [0.2, 0.25) is 5.02 Å². The molecule has 0 aromatic heterocycles. The number of ketones is 1. The predicted octanol–water partition coefficient (Wildman–Crippen LogP) is 4.73. The molecule has 0 saturated carbocycles. The molecule has 184 valence electrons. The maximum Gasteiger partial charge on any atom is 0.240 e. The van der Waals surface area contributed by atoms with Gasteiger partial charge in [-0.25, -0.2) is 4.90 Å². The van der Waals surface area contributed by atoms with Crippen LogP contribution in [0.15, 0.2) is 72.8 Å². The number of ether oxygens (including phenoxy) is 2. The van der Waals surface area contributed by atoms with Crippen molar-refractivity contribution in [1.82, 2.24) is 0 Å². The van der Waals surface area contributed by atoms with Crippen LogP contribution < -0.4 is 19.3 Å². The van der Waals surface area contributed by atoms with Crippen LogP contribution in [0, 0.1) is 11.8 Å². The van der Waals surface area contributed by atoms with Crippen LogP contribution in [0.1, 0.15) is 22.8 Å². The van der Waals surface area contributed by atoms with Crippen molar-refractivity contribution < 1.29 is 23.9 Å². The Bertz CT molecular complexity index is 1530. The largest absolute Gasteiger partial charge is 0.454 e. The summed E-state index contributed by atoms with van der Waals surface area (Å²) >= 11 is 6.30. The minimum atomic E-state index is -0.850. The fourth-order valence-corrected chi connectivity index (χ4v) is 6.34. The molecule has 4 aliphatic rings. The molecule has 3 aromatic rings. The third kappa shape index (κ3) is 3.10. The van der Waals surface area contributed by atoms with E-state index < -0.39 is 23.9 Å². The van der Waals surface area contributed by atoms with Gasteiger partial charge < -0.3 is 14.4 Å². The number of rotatable bonds is 3. The van der Waals surface area contributed by atoms with Gasteiger partial charge in [-0.05, 0) is 42.8 Å². The first-order valence-corrected chi connectivity index (χ1v) is 12.5. The molecular formula is C29H21ClN2O5. The molecular weight excluding hydrogens is 492 g/mol. The molecule has 4 heterocycles. The Kier molecular flexibility index (Phi) is 4.75. The van der Waals surface area contributed by atoms with Crippen molar-refractivity contribution in [3.63, 3.8) is 0 Å². The molecule has 2 amide bonds. The van der Waals surface area contributed by atoms with Gasteiger partial charge in [0.2, 0.25) is 18.6 Å². The number of carbonyl (C=O) groups excluding carboxylic acids is 3. The van der Waals surface area contributed by atoms with Crippen molar-refractivity contribution in [2.75, 3.05) is 16.6 Å². The number of nitrogens with zero attached hydrogens (tertiary/aromatic N) is 2. The molecule has 2 saturated heterocycles. The molecule has 2 fully saturated rings. The topological polar surface area (TPSA) is 76.1 Å². The van der Waals surface area contributed by atoms with Crippen LogP contribution in [0.3, 0.4) is 0 Å². The van der Waals surface area contributed by atoms with Gasteiger partial charge in [-0.15, -0.1) is 0 Å².